The first-order valence-electron chi connectivity index (χ1n) is 3.11. The van der Waals surface area contributed by atoms with Crippen molar-refractivity contribution in [1.29, 1.82) is 0 Å². The predicted molar refractivity (Wildman–Crippen MR) is 40.0 cm³/mol. The van der Waals surface area contributed by atoms with E-state index in [1.54, 1.807) is 0 Å². The van der Waals surface area contributed by atoms with Crippen LogP contribution in [-0.2, 0) is 0 Å². The van der Waals surface area contributed by atoms with Crippen LogP contribution in [0.15, 0.2) is 18.2 Å². The largest absolute Gasteiger partial charge is 1.00 e. The molecule has 13 heavy (non-hydrogen) atoms. The summed E-state index contributed by atoms with van der Waals surface area (Å²) in [6, 6.07) is 3.46. The number of hydrogen-bond donors (Lipinski definition) is 3. The Labute approximate surface area is 118 Å². The van der Waals surface area contributed by atoms with Crippen molar-refractivity contribution in [3.8, 4) is 11.5 Å². The maximum Gasteiger partial charge on any atom is 1.00 e. The standard InChI is InChI=1S/C6H6BFO4.K.H/c8-4-2-1-3-5(9)6(4)12-7(10)11;;/h1-3,9-11H;;/q;+1;-1. The second-order valence-electron chi connectivity index (χ2n) is 2.03. The molecule has 0 aromatic heterocycles. The minimum absolute atomic E-state index is 0. The van der Waals surface area contributed by atoms with E-state index in [-0.39, 0.29) is 52.8 Å². The first-order valence-corrected chi connectivity index (χ1v) is 3.11. The van der Waals surface area contributed by atoms with Gasteiger partial charge in [-0.3, -0.25) is 0 Å². The molecule has 1 aromatic carbocycles. The van der Waals surface area contributed by atoms with Crippen molar-refractivity contribution in [3.05, 3.63) is 24.0 Å². The van der Waals surface area contributed by atoms with Gasteiger partial charge in [-0.05, 0) is 12.1 Å². The zero-order valence-electron chi connectivity index (χ0n) is 7.94. The smallest absolute Gasteiger partial charge is 1.00 e. The fourth-order valence-electron chi connectivity index (χ4n) is 0.720. The fraction of sp³-hybridized carbons (Fsp3) is 0. The number of para-hydroxylation sites is 1. The Morgan fingerprint density at radius 2 is 2.00 bits per heavy atom. The Bertz CT molecular complexity index is 268. The molecule has 0 bridgehead atoms. The number of benzene rings is 1. The Morgan fingerprint density at radius 1 is 1.38 bits per heavy atom. The van der Waals surface area contributed by atoms with E-state index in [1.807, 2.05) is 0 Å². The van der Waals surface area contributed by atoms with Gasteiger partial charge in [0.1, 0.15) is 0 Å². The van der Waals surface area contributed by atoms with Crippen molar-refractivity contribution in [2.75, 3.05) is 0 Å². The second kappa shape index (κ2) is 5.97. The Balaban J connectivity index is 0. The van der Waals surface area contributed by atoms with Crippen molar-refractivity contribution in [1.82, 2.24) is 0 Å². The summed E-state index contributed by atoms with van der Waals surface area (Å²) >= 11 is 0. The van der Waals surface area contributed by atoms with E-state index in [9.17, 15) is 4.39 Å². The molecule has 0 heterocycles. The van der Waals surface area contributed by atoms with E-state index in [0.29, 0.717) is 0 Å². The monoisotopic (exact) mass is 212 g/mol. The molecule has 0 saturated heterocycles. The van der Waals surface area contributed by atoms with Crippen molar-refractivity contribution in [2.45, 2.75) is 0 Å². The van der Waals surface area contributed by atoms with Crippen LogP contribution in [0.1, 0.15) is 1.43 Å². The van der Waals surface area contributed by atoms with Crippen molar-refractivity contribution >= 4 is 7.32 Å². The summed E-state index contributed by atoms with van der Waals surface area (Å²) in [4.78, 5) is 0. The average molecular weight is 212 g/mol. The van der Waals surface area contributed by atoms with Crippen molar-refractivity contribution in [2.24, 2.45) is 0 Å². The zero-order valence-corrected chi connectivity index (χ0v) is 10.1. The maximum absolute atomic E-state index is 12.7. The average Bonchev–Trinajstić information content (AvgIpc) is 1.97. The molecule has 4 nitrogen and oxygen atoms in total. The van der Waals surface area contributed by atoms with E-state index in [4.69, 9.17) is 15.2 Å². The van der Waals surface area contributed by atoms with E-state index < -0.39 is 24.6 Å². The van der Waals surface area contributed by atoms with Gasteiger partial charge in [0.05, 0.1) is 0 Å². The SMILES string of the molecule is OB(O)Oc1c(O)cccc1F.[H-].[K+]. The number of halogens is 1. The van der Waals surface area contributed by atoms with E-state index in [0.717, 1.165) is 6.07 Å². The maximum atomic E-state index is 12.7. The molecule has 0 saturated carbocycles. The third-order valence-corrected chi connectivity index (χ3v) is 1.17. The van der Waals surface area contributed by atoms with E-state index >= 15 is 0 Å². The molecular weight excluding hydrogens is 205 g/mol. The van der Waals surface area contributed by atoms with Gasteiger partial charge in [0.2, 0.25) is 0 Å². The van der Waals surface area contributed by atoms with Crippen molar-refractivity contribution in [3.63, 3.8) is 0 Å². The molecule has 0 radical (unpaired) electrons. The van der Waals surface area contributed by atoms with Gasteiger partial charge in [0.25, 0.3) is 0 Å². The van der Waals surface area contributed by atoms with Crippen LogP contribution >= 0.6 is 0 Å². The van der Waals surface area contributed by atoms with Crippen LogP contribution in [0.25, 0.3) is 0 Å². The summed E-state index contributed by atoms with van der Waals surface area (Å²) in [7, 11) is -2.15. The summed E-state index contributed by atoms with van der Waals surface area (Å²) in [5.74, 6) is -1.92. The van der Waals surface area contributed by atoms with Crippen LogP contribution in [0, 0.1) is 5.82 Å². The van der Waals surface area contributed by atoms with Crippen molar-refractivity contribution < 1.29 is 77.0 Å². The van der Waals surface area contributed by atoms with Crippen LogP contribution in [0.4, 0.5) is 4.39 Å². The molecule has 0 fully saturated rings. The molecule has 7 heteroatoms. The number of phenolic OH excluding ortho intramolecular Hbond substituents is 1. The van der Waals surface area contributed by atoms with Gasteiger partial charge in [0, 0.05) is 0 Å². The molecule has 0 aliphatic heterocycles. The van der Waals surface area contributed by atoms with Gasteiger partial charge in [-0.15, -0.1) is 0 Å². The molecule has 1 rings (SSSR count). The Morgan fingerprint density at radius 3 is 2.46 bits per heavy atom. The van der Waals surface area contributed by atoms with Crippen LogP contribution in [0.3, 0.4) is 0 Å². The molecule has 0 unspecified atom stereocenters. The third-order valence-electron chi connectivity index (χ3n) is 1.17. The van der Waals surface area contributed by atoms with Crippen LogP contribution in [0.5, 0.6) is 11.5 Å². The molecule has 66 valence electrons. The molecular formula is C6H7BFKO4. The number of hydrogen-bond acceptors (Lipinski definition) is 4. The first-order chi connectivity index (χ1) is 5.61. The summed E-state index contributed by atoms with van der Waals surface area (Å²) < 4.78 is 16.9. The molecule has 1 aromatic rings. The molecule has 0 spiro atoms. The summed E-state index contributed by atoms with van der Waals surface area (Å²) in [5.41, 5.74) is 0. The molecule has 0 atom stereocenters. The van der Waals surface area contributed by atoms with Crippen LogP contribution < -0.4 is 56.0 Å². The number of rotatable bonds is 2. The van der Waals surface area contributed by atoms with Gasteiger partial charge in [0.15, 0.2) is 17.3 Å². The topological polar surface area (TPSA) is 69.9 Å². The molecule has 0 aliphatic rings. The van der Waals surface area contributed by atoms with Gasteiger partial charge < -0.3 is 21.2 Å². The number of phenols is 1. The fourth-order valence-corrected chi connectivity index (χ4v) is 0.720. The second-order valence-corrected chi connectivity index (χ2v) is 2.03. The van der Waals surface area contributed by atoms with Crippen LogP contribution in [0.2, 0.25) is 0 Å². The van der Waals surface area contributed by atoms with E-state index in [2.05, 4.69) is 4.65 Å². The normalized spacial score (nSPS) is 8.85. The molecule has 0 aliphatic carbocycles. The molecule has 3 N–H and O–H groups in total. The summed E-state index contributed by atoms with van der Waals surface area (Å²) in [5, 5.41) is 25.6. The molecule has 0 amide bonds. The minimum Gasteiger partial charge on any atom is -1.00 e. The minimum atomic E-state index is -2.15. The quantitative estimate of drug-likeness (QED) is 0.457. The van der Waals surface area contributed by atoms with Gasteiger partial charge in [-0.25, -0.2) is 4.39 Å². The van der Waals surface area contributed by atoms with E-state index in [1.165, 1.54) is 12.1 Å². The predicted octanol–water partition coefficient (Wildman–Crippen LogP) is -3.00. The Hall–Kier alpha value is 0.371. The summed E-state index contributed by atoms with van der Waals surface area (Å²) in [6.45, 7) is 0. The number of aromatic hydroxyl groups is 1. The Kier molecular flexibility index (Phi) is 6.14. The van der Waals surface area contributed by atoms with Gasteiger partial charge in [-0.2, -0.15) is 0 Å². The zero-order chi connectivity index (χ0) is 9.14. The van der Waals surface area contributed by atoms with Gasteiger partial charge in [-0.1, -0.05) is 6.07 Å². The van der Waals surface area contributed by atoms with Crippen LogP contribution in [-0.4, -0.2) is 22.5 Å². The summed E-state index contributed by atoms with van der Waals surface area (Å²) in [6.07, 6.45) is 0. The van der Waals surface area contributed by atoms with Gasteiger partial charge >= 0.3 is 58.7 Å². The third kappa shape index (κ3) is 3.94. The first kappa shape index (κ1) is 13.4.